The lowest BCUT2D eigenvalue weighted by molar-refractivity contribution is -0.145. The van der Waals surface area contributed by atoms with Crippen LogP contribution in [0.2, 0.25) is 0 Å². The molecule has 3 heteroatoms. The maximum absolute atomic E-state index is 12.0. The summed E-state index contributed by atoms with van der Waals surface area (Å²) in [6.07, 6.45) is 5.33. The fourth-order valence-electron chi connectivity index (χ4n) is 3.01. The van der Waals surface area contributed by atoms with E-state index in [9.17, 15) is 4.79 Å². The van der Waals surface area contributed by atoms with Gasteiger partial charge in [-0.25, -0.2) is 4.79 Å². The molecule has 3 unspecified atom stereocenters. The number of allylic oxidation sites excluding steroid dienone is 2. The summed E-state index contributed by atoms with van der Waals surface area (Å²) in [7, 11) is 0. The van der Waals surface area contributed by atoms with Crippen molar-refractivity contribution in [3.8, 4) is 0 Å². The Hall–Kier alpha value is -1.77. The van der Waals surface area contributed by atoms with Gasteiger partial charge in [0.25, 0.3) is 0 Å². The molecule has 0 saturated carbocycles. The number of rotatable bonds is 2. The molecule has 1 N–H and O–H groups in total. The predicted octanol–water partition coefficient (Wildman–Crippen LogP) is 2.70. The molecule has 1 heterocycles. The van der Waals surface area contributed by atoms with Crippen LogP contribution in [0.5, 0.6) is 0 Å². The first kappa shape index (κ1) is 11.3. The molecule has 1 aliphatic carbocycles. The fraction of sp³-hybridized carbons (Fsp3) is 0.400. The van der Waals surface area contributed by atoms with Crippen LogP contribution in [0.25, 0.3) is 0 Å². The highest BCUT2D eigenvalue weighted by Crippen LogP contribution is 2.44. The number of hydrogen-bond donors (Lipinski definition) is 1. The Labute approximate surface area is 107 Å². The lowest BCUT2D eigenvalue weighted by Crippen LogP contribution is -2.42. The molecule has 1 aromatic carbocycles. The molecule has 2 aliphatic rings. The first-order valence-corrected chi connectivity index (χ1v) is 6.50. The van der Waals surface area contributed by atoms with Crippen molar-refractivity contribution in [2.24, 2.45) is 5.92 Å². The standard InChI is InChI=1S/C15H17NO2/c1-2-18-15(17)14-12-8-5-7-10(12)11-6-3-4-9-13(11)16-14/h3-7,9-10,12,14,16H,2,8H2,1H3. The van der Waals surface area contributed by atoms with Crippen molar-refractivity contribution in [2.75, 3.05) is 11.9 Å². The number of anilines is 1. The monoisotopic (exact) mass is 243 g/mol. The van der Waals surface area contributed by atoms with Crippen LogP contribution in [-0.4, -0.2) is 18.6 Å². The number of fused-ring (bicyclic) bond motifs is 3. The average Bonchev–Trinajstić information content (AvgIpc) is 2.87. The van der Waals surface area contributed by atoms with Gasteiger partial charge in [-0.15, -0.1) is 0 Å². The van der Waals surface area contributed by atoms with Crippen LogP contribution in [0, 0.1) is 5.92 Å². The molecule has 18 heavy (non-hydrogen) atoms. The Bertz CT molecular complexity index is 495. The SMILES string of the molecule is CCOC(=O)C1Nc2ccccc2C2C=CCC12. The maximum Gasteiger partial charge on any atom is 0.328 e. The minimum Gasteiger partial charge on any atom is -0.464 e. The van der Waals surface area contributed by atoms with Gasteiger partial charge in [0, 0.05) is 17.5 Å². The van der Waals surface area contributed by atoms with Gasteiger partial charge in [-0.2, -0.15) is 0 Å². The van der Waals surface area contributed by atoms with Crippen molar-refractivity contribution in [2.45, 2.75) is 25.3 Å². The lowest BCUT2D eigenvalue weighted by Gasteiger charge is -2.35. The van der Waals surface area contributed by atoms with E-state index in [1.54, 1.807) is 0 Å². The molecule has 0 bridgehead atoms. The third-order valence-corrected chi connectivity index (χ3v) is 3.81. The quantitative estimate of drug-likeness (QED) is 0.641. The van der Waals surface area contributed by atoms with E-state index in [1.807, 2.05) is 19.1 Å². The molecular weight excluding hydrogens is 226 g/mol. The molecule has 0 spiro atoms. The molecule has 1 aliphatic heterocycles. The smallest absolute Gasteiger partial charge is 0.328 e. The van der Waals surface area contributed by atoms with Crippen molar-refractivity contribution in [1.29, 1.82) is 0 Å². The minimum atomic E-state index is -0.222. The topological polar surface area (TPSA) is 38.3 Å². The van der Waals surface area contributed by atoms with Gasteiger partial charge in [-0.05, 0) is 25.0 Å². The molecule has 94 valence electrons. The Morgan fingerprint density at radius 3 is 3.11 bits per heavy atom. The van der Waals surface area contributed by atoms with Crippen LogP contribution < -0.4 is 5.32 Å². The van der Waals surface area contributed by atoms with Gasteiger partial charge in [0.05, 0.1) is 6.61 Å². The summed E-state index contributed by atoms with van der Waals surface area (Å²) < 4.78 is 5.18. The molecule has 3 nitrogen and oxygen atoms in total. The van der Waals surface area contributed by atoms with E-state index in [-0.39, 0.29) is 12.0 Å². The van der Waals surface area contributed by atoms with Crippen molar-refractivity contribution in [3.05, 3.63) is 42.0 Å². The van der Waals surface area contributed by atoms with Gasteiger partial charge in [0.1, 0.15) is 6.04 Å². The number of hydrogen-bond acceptors (Lipinski definition) is 3. The highest BCUT2D eigenvalue weighted by atomic mass is 16.5. The zero-order valence-electron chi connectivity index (χ0n) is 10.4. The van der Waals surface area contributed by atoms with Crippen molar-refractivity contribution >= 4 is 11.7 Å². The van der Waals surface area contributed by atoms with Crippen LogP contribution in [0.15, 0.2) is 36.4 Å². The van der Waals surface area contributed by atoms with E-state index >= 15 is 0 Å². The molecule has 1 aromatic rings. The van der Waals surface area contributed by atoms with Gasteiger partial charge in [0.15, 0.2) is 0 Å². The molecule has 0 radical (unpaired) electrons. The summed E-state index contributed by atoms with van der Waals surface area (Å²) in [4.78, 5) is 12.0. The molecule has 0 amide bonds. The first-order valence-electron chi connectivity index (χ1n) is 6.50. The van der Waals surface area contributed by atoms with Gasteiger partial charge in [-0.1, -0.05) is 30.4 Å². The molecule has 3 rings (SSSR count). The fourth-order valence-corrected chi connectivity index (χ4v) is 3.01. The Kier molecular flexibility index (Phi) is 2.82. The third kappa shape index (κ3) is 1.70. The number of para-hydroxylation sites is 1. The van der Waals surface area contributed by atoms with E-state index in [2.05, 4.69) is 29.6 Å². The van der Waals surface area contributed by atoms with Crippen LogP contribution in [0.3, 0.4) is 0 Å². The number of ether oxygens (including phenoxy) is 1. The maximum atomic E-state index is 12.0. The Morgan fingerprint density at radius 2 is 2.28 bits per heavy atom. The minimum absolute atomic E-state index is 0.134. The second-order valence-corrected chi connectivity index (χ2v) is 4.81. The van der Waals surface area contributed by atoms with E-state index in [0.717, 1.165) is 12.1 Å². The summed E-state index contributed by atoms with van der Waals surface area (Å²) in [5.41, 5.74) is 2.35. The molecule has 0 fully saturated rings. The normalized spacial score (nSPS) is 28.2. The van der Waals surface area contributed by atoms with Crippen molar-refractivity contribution in [1.82, 2.24) is 0 Å². The van der Waals surface area contributed by atoms with E-state index in [4.69, 9.17) is 4.74 Å². The highest BCUT2D eigenvalue weighted by Gasteiger charge is 2.41. The van der Waals surface area contributed by atoms with Crippen LogP contribution in [-0.2, 0) is 9.53 Å². The van der Waals surface area contributed by atoms with E-state index < -0.39 is 0 Å². The largest absolute Gasteiger partial charge is 0.464 e. The summed E-state index contributed by atoms with van der Waals surface area (Å²) in [5.74, 6) is 0.501. The van der Waals surface area contributed by atoms with Gasteiger partial charge in [0.2, 0.25) is 0 Å². The van der Waals surface area contributed by atoms with E-state index in [1.165, 1.54) is 5.56 Å². The van der Waals surface area contributed by atoms with Gasteiger partial charge >= 0.3 is 5.97 Å². The summed E-state index contributed by atoms with van der Waals surface area (Å²) >= 11 is 0. The Morgan fingerprint density at radius 1 is 1.44 bits per heavy atom. The summed E-state index contributed by atoms with van der Waals surface area (Å²) in [6.45, 7) is 2.28. The molecule has 0 saturated heterocycles. The van der Waals surface area contributed by atoms with Gasteiger partial charge < -0.3 is 10.1 Å². The number of benzene rings is 1. The number of esters is 1. The zero-order valence-corrected chi connectivity index (χ0v) is 10.4. The second kappa shape index (κ2) is 4.48. The number of carbonyl (C=O) groups excluding carboxylic acids is 1. The van der Waals surface area contributed by atoms with Gasteiger partial charge in [-0.3, -0.25) is 0 Å². The first-order chi connectivity index (χ1) is 8.81. The molecular formula is C15H17NO2. The van der Waals surface area contributed by atoms with Crippen LogP contribution in [0.4, 0.5) is 5.69 Å². The molecule has 0 aromatic heterocycles. The van der Waals surface area contributed by atoms with E-state index in [0.29, 0.717) is 18.4 Å². The zero-order chi connectivity index (χ0) is 12.5. The number of nitrogens with one attached hydrogen (secondary N) is 1. The summed E-state index contributed by atoms with van der Waals surface area (Å²) in [5, 5.41) is 3.34. The van der Waals surface area contributed by atoms with Crippen molar-refractivity contribution < 1.29 is 9.53 Å². The predicted molar refractivity (Wildman–Crippen MR) is 70.5 cm³/mol. The van der Waals surface area contributed by atoms with Crippen LogP contribution >= 0.6 is 0 Å². The van der Waals surface area contributed by atoms with Crippen LogP contribution in [0.1, 0.15) is 24.8 Å². The average molecular weight is 243 g/mol. The number of carbonyl (C=O) groups is 1. The lowest BCUT2D eigenvalue weighted by atomic mass is 9.79. The summed E-state index contributed by atoms with van der Waals surface area (Å²) in [6, 6.07) is 7.99. The highest BCUT2D eigenvalue weighted by molar-refractivity contribution is 5.82. The Balaban J connectivity index is 1.95. The molecule has 3 atom stereocenters. The van der Waals surface area contributed by atoms with Crippen molar-refractivity contribution in [3.63, 3.8) is 0 Å². The second-order valence-electron chi connectivity index (χ2n) is 4.81. The third-order valence-electron chi connectivity index (χ3n) is 3.81.